The van der Waals surface area contributed by atoms with Crippen LogP contribution in [-0.2, 0) is 0 Å². The molecule has 103 valence electrons. The number of nitrogens with zero attached hydrogens (tertiary/aromatic N) is 1. The number of carbonyl (C=O) groups is 1. The molecule has 0 aliphatic heterocycles. The summed E-state index contributed by atoms with van der Waals surface area (Å²) < 4.78 is 28.2. The van der Waals surface area contributed by atoms with Gasteiger partial charge in [0.15, 0.2) is 0 Å². The number of aromatic nitrogens is 1. The first-order valence-electron chi connectivity index (χ1n) is 5.91. The number of hydrogen-bond acceptors (Lipinski definition) is 3. The summed E-state index contributed by atoms with van der Waals surface area (Å²) in [6.07, 6.45) is 0. The van der Waals surface area contributed by atoms with E-state index in [1.165, 1.54) is 9.19 Å². The molecule has 3 radical (unpaired) electrons. The molecule has 1 amide bonds. The first-order valence-corrected chi connectivity index (χ1v) is 8.67. The molecule has 1 aromatic heterocycles. The van der Waals surface area contributed by atoms with Crippen LogP contribution < -0.4 is 8.44 Å². The molecule has 0 aliphatic carbocycles. The van der Waals surface area contributed by atoms with E-state index in [4.69, 9.17) is 0 Å². The Morgan fingerprint density at radius 2 is 1.90 bits per heavy atom. The molecule has 21 heavy (non-hydrogen) atoms. The van der Waals surface area contributed by atoms with Crippen LogP contribution >= 0.6 is 11.3 Å². The Labute approximate surface area is 138 Å². The molecule has 3 aromatic rings. The number of hydrogen-bond donors (Lipinski definition) is 1. The molecular weight excluding hydrogens is 489 g/mol. The summed E-state index contributed by atoms with van der Waals surface area (Å²) in [7, 11) is 0. The number of nitrogens with one attached hydrogen (secondary N) is 1. The van der Waals surface area contributed by atoms with Gasteiger partial charge in [-0.05, 0) is 0 Å². The van der Waals surface area contributed by atoms with Crippen molar-refractivity contribution in [1.82, 2.24) is 4.98 Å². The third kappa shape index (κ3) is 3.10. The maximum atomic E-state index is 13.6. The van der Waals surface area contributed by atoms with Gasteiger partial charge >= 0.3 is 139 Å². The van der Waals surface area contributed by atoms with Gasteiger partial charge in [-0.3, -0.25) is 0 Å². The predicted octanol–water partition coefficient (Wildman–Crippen LogP) is 2.62. The van der Waals surface area contributed by atoms with Crippen molar-refractivity contribution in [2.75, 3.05) is 5.32 Å². The number of halogens is 2. The molecule has 3 nitrogen and oxygen atoms in total. The van der Waals surface area contributed by atoms with Gasteiger partial charge in [0.25, 0.3) is 0 Å². The fourth-order valence-corrected chi connectivity index (χ4v) is 3.35. The normalized spacial score (nSPS) is 10.8. The van der Waals surface area contributed by atoms with Gasteiger partial charge in [0.2, 0.25) is 0 Å². The number of thiazole rings is 1. The average molecular weight is 496 g/mol. The van der Waals surface area contributed by atoms with E-state index in [-0.39, 0.29) is 16.6 Å². The van der Waals surface area contributed by atoms with Gasteiger partial charge < -0.3 is 0 Å². The average Bonchev–Trinajstić information content (AvgIpc) is 2.82. The van der Waals surface area contributed by atoms with E-state index >= 15 is 0 Å². The molecule has 3 rings (SSSR count). The molecule has 1 N–H and O–H groups in total. The van der Waals surface area contributed by atoms with Crippen LogP contribution in [0.25, 0.3) is 10.2 Å². The summed E-state index contributed by atoms with van der Waals surface area (Å²) in [5.41, 5.74) is 0.562. The molecule has 0 spiro atoms. The molecule has 0 bridgehead atoms. The molecule has 0 unspecified atom stereocenters. The molecule has 1 heterocycles. The first-order chi connectivity index (χ1) is 10.0. The summed E-state index contributed by atoms with van der Waals surface area (Å²) in [4.78, 5) is 16.0. The van der Waals surface area contributed by atoms with Crippen LogP contribution in [0.15, 0.2) is 36.4 Å². The molecular formula is C14H7F2N2OPbS. The van der Waals surface area contributed by atoms with Crippen molar-refractivity contribution in [1.29, 1.82) is 0 Å². The van der Waals surface area contributed by atoms with Crippen molar-refractivity contribution in [2.45, 2.75) is 0 Å². The molecule has 0 saturated heterocycles. The molecule has 7 heteroatoms. The van der Waals surface area contributed by atoms with Gasteiger partial charge in [0, 0.05) is 0 Å². The third-order valence-electron chi connectivity index (χ3n) is 2.78. The molecule has 2 aromatic carbocycles. The van der Waals surface area contributed by atoms with Gasteiger partial charge in [-0.2, -0.15) is 0 Å². The van der Waals surface area contributed by atoms with E-state index in [2.05, 4.69) is 10.3 Å². The Morgan fingerprint density at radius 3 is 2.62 bits per heavy atom. The van der Waals surface area contributed by atoms with E-state index in [0.717, 1.165) is 43.2 Å². The van der Waals surface area contributed by atoms with Gasteiger partial charge in [-0.25, -0.2) is 0 Å². The van der Waals surface area contributed by atoms with Crippen LogP contribution in [0.4, 0.5) is 13.9 Å². The minimum atomic E-state index is -0.734. The zero-order valence-corrected chi connectivity index (χ0v) is 15.2. The zero-order chi connectivity index (χ0) is 15.0. The summed E-state index contributed by atoms with van der Waals surface area (Å²) in [6, 6.07) is 9.19. The Hall–Kier alpha value is -1.42. The Balaban J connectivity index is 1.89. The minimum absolute atomic E-state index is 0.0617. The number of amides is 1. The number of fused-ring (bicyclic) bond motifs is 1. The number of carbonyl (C=O) groups excluding carboxylic acids is 1. The number of benzene rings is 2. The number of rotatable bonds is 2. The van der Waals surface area contributed by atoms with Crippen LogP contribution in [-0.4, -0.2) is 36.7 Å². The summed E-state index contributed by atoms with van der Waals surface area (Å²) in [5.74, 6) is -1.72. The van der Waals surface area contributed by atoms with Gasteiger partial charge in [0.05, 0.1) is 0 Å². The van der Waals surface area contributed by atoms with E-state index < -0.39 is 11.6 Å². The fourth-order valence-electron chi connectivity index (χ4n) is 1.80. The van der Waals surface area contributed by atoms with Gasteiger partial charge in [-0.1, -0.05) is 0 Å². The molecule has 0 fully saturated rings. The standard InChI is InChI=1S/C14H7F2N2OS.Pb/c15-9-6-10(16)12-11(7-9)20-14(17-12)18-13(19)8-4-2-1-3-5-8;/h2-7H,(H,17,18,19);. The van der Waals surface area contributed by atoms with Crippen molar-refractivity contribution in [2.24, 2.45) is 0 Å². The van der Waals surface area contributed by atoms with E-state index in [1.54, 1.807) is 12.1 Å². The topological polar surface area (TPSA) is 42.0 Å². The Kier molecular flexibility index (Phi) is 3.98. The second-order valence-corrected chi connectivity index (χ2v) is 7.56. The van der Waals surface area contributed by atoms with Crippen LogP contribution in [0.5, 0.6) is 0 Å². The van der Waals surface area contributed by atoms with Gasteiger partial charge in [-0.15, -0.1) is 0 Å². The Morgan fingerprint density at radius 1 is 1.19 bits per heavy atom. The number of anilines is 1. The summed E-state index contributed by atoms with van der Waals surface area (Å²) in [5, 5.41) is 2.85. The van der Waals surface area contributed by atoms with Crippen LogP contribution in [0, 0.1) is 11.6 Å². The third-order valence-corrected chi connectivity index (χ3v) is 4.99. The zero-order valence-electron chi connectivity index (χ0n) is 10.5. The molecule has 0 atom stereocenters. The van der Waals surface area contributed by atoms with Crippen LogP contribution in [0.3, 0.4) is 0 Å². The van der Waals surface area contributed by atoms with Crippen LogP contribution in [0.2, 0.25) is 0 Å². The Bertz CT molecular complexity index is 833. The van der Waals surface area contributed by atoms with E-state index in [9.17, 15) is 13.6 Å². The maximum absolute atomic E-state index is 13.6. The second-order valence-electron chi connectivity index (χ2n) is 4.28. The molecule has 0 saturated carbocycles. The predicted molar refractivity (Wildman–Crippen MR) is 79.3 cm³/mol. The van der Waals surface area contributed by atoms with Crippen molar-refractivity contribution in [3.05, 3.63) is 53.6 Å². The van der Waals surface area contributed by atoms with Crippen molar-refractivity contribution < 1.29 is 13.6 Å². The van der Waals surface area contributed by atoms with Crippen molar-refractivity contribution in [3.63, 3.8) is 0 Å². The SMILES string of the molecule is O=C(Nc1nc2c(F)cc(F)cc2s1)c1cc[c]([Pb])cc1. The van der Waals surface area contributed by atoms with E-state index in [0.29, 0.717) is 10.3 Å². The van der Waals surface area contributed by atoms with Crippen molar-refractivity contribution in [3.8, 4) is 0 Å². The van der Waals surface area contributed by atoms with Crippen LogP contribution in [0.1, 0.15) is 10.4 Å². The summed E-state index contributed by atoms with van der Waals surface area (Å²) in [6.45, 7) is 0. The van der Waals surface area contributed by atoms with Gasteiger partial charge in [0.1, 0.15) is 0 Å². The molecule has 0 aliphatic rings. The first kappa shape index (κ1) is 14.5. The van der Waals surface area contributed by atoms with E-state index in [1.807, 2.05) is 12.1 Å². The monoisotopic (exact) mass is 497 g/mol. The summed E-state index contributed by atoms with van der Waals surface area (Å²) >= 11 is 1.95. The quantitative estimate of drug-likeness (QED) is 0.555. The van der Waals surface area contributed by atoms with Crippen molar-refractivity contribution >= 4 is 61.5 Å². The fraction of sp³-hybridized carbons (Fsp3) is 0. The second kappa shape index (κ2) is 5.76.